The lowest BCUT2D eigenvalue weighted by Crippen LogP contribution is -2.30. The molecule has 0 aliphatic carbocycles. The summed E-state index contributed by atoms with van der Waals surface area (Å²) in [6, 6.07) is 0. The van der Waals surface area contributed by atoms with Crippen LogP contribution >= 0.6 is 0 Å². The molecule has 1 unspecified atom stereocenters. The quantitative estimate of drug-likeness (QED) is 0.0262. The van der Waals surface area contributed by atoms with E-state index >= 15 is 0 Å². The van der Waals surface area contributed by atoms with Crippen LogP contribution in [0, 0.1) is 0 Å². The van der Waals surface area contributed by atoms with E-state index < -0.39 is 6.10 Å². The highest BCUT2D eigenvalue weighted by Crippen LogP contribution is 2.15. The van der Waals surface area contributed by atoms with Gasteiger partial charge in [0.2, 0.25) is 0 Å². The maximum absolute atomic E-state index is 12.8. The minimum atomic E-state index is -0.781. The second kappa shape index (κ2) is 51.5. The molecule has 0 amide bonds. The van der Waals surface area contributed by atoms with Crippen LogP contribution in [0.1, 0.15) is 252 Å². The van der Waals surface area contributed by atoms with E-state index in [9.17, 15) is 14.4 Å². The topological polar surface area (TPSA) is 78.9 Å². The van der Waals surface area contributed by atoms with E-state index in [1.807, 2.05) is 0 Å². The second-order valence-corrected chi connectivity index (χ2v) is 17.4. The van der Waals surface area contributed by atoms with Crippen molar-refractivity contribution in [1.82, 2.24) is 0 Å². The minimum Gasteiger partial charge on any atom is -0.462 e. The zero-order valence-electron chi connectivity index (χ0n) is 41.3. The summed E-state index contributed by atoms with van der Waals surface area (Å²) in [4.78, 5) is 37.9. The number of carbonyl (C=O) groups is 3. The number of unbranched alkanes of at least 4 members (excludes halogenated alkanes) is 24. The molecule has 0 fully saturated rings. The molecule has 0 heterocycles. The fraction of sp³-hybridized carbons (Fsp3) is 0.737. The highest BCUT2D eigenvalue weighted by atomic mass is 16.6. The molecule has 0 aliphatic rings. The molecule has 0 rings (SSSR count). The summed E-state index contributed by atoms with van der Waals surface area (Å²) in [5, 5.41) is 0. The van der Waals surface area contributed by atoms with Crippen molar-refractivity contribution < 1.29 is 28.6 Å². The summed E-state index contributed by atoms with van der Waals surface area (Å²) in [5.41, 5.74) is 0. The summed E-state index contributed by atoms with van der Waals surface area (Å²) in [6.45, 7) is 6.43. The molecule has 63 heavy (non-hydrogen) atoms. The predicted octanol–water partition coefficient (Wildman–Crippen LogP) is 17.4. The molecule has 0 radical (unpaired) electrons. The predicted molar refractivity (Wildman–Crippen MR) is 270 cm³/mol. The number of hydrogen-bond acceptors (Lipinski definition) is 6. The highest BCUT2D eigenvalue weighted by molar-refractivity contribution is 5.71. The van der Waals surface area contributed by atoms with Gasteiger partial charge in [-0.15, -0.1) is 0 Å². The first-order valence-corrected chi connectivity index (χ1v) is 26.4. The van der Waals surface area contributed by atoms with Gasteiger partial charge in [-0.3, -0.25) is 14.4 Å². The molecule has 0 aromatic carbocycles. The molecule has 0 saturated carbocycles. The maximum atomic E-state index is 12.8. The number of esters is 3. The van der Waals surface area contributed by atoms with Crippen LogP contribution in [0.3, 0.4) is 0 Å². The van der Waals surface area contributed by atoms with Crippen LogP contribution < -0.4 is 0 Å². The average molecular weight is 879 g/mol. The monoisotopic (exact) mass is 879 g/mol. The van der Waals surface area contributed by atoms with Crippen molar-refractivity contribution in [3.8, 4) is 0 Å². The summed E-state index contributed by atoms with van der Waals surface area (Å²) in [6.07, 6.45) is 64.7. The van der Waals surface area contributed by atoms with Crippen molar-refractivity contribution in [2.45, 2.75) is 258 Å². The Bertz CT molecular complexity index is 1190. The third-order valence-corrected chi connectivity index (χ3v) is 11.2. The Morgan fingerprint density at radius 2 is 0.651 bits per heavy atom. The minimum absolute atomic E-state index is 0.0809. The molecule has 0 saturated heterocycles. The molecule has 0 N–H and O–H groups in total. The van der Waals surface area contributed by atoms with Crippen LogP contribution in [0.5, 0.6) is 0 Å². The Morgan fingerprint density at radius 3 is 1.03 bits per heavy atom. The molecule has 362 valence electrons. The molecule has 0 bridgehead atoms. The molecule has 0 spiro atoms. The third kappa shape index (κ3) is 49.7. The van der Waals surface area contributed by atoms with Crippen LogP contribution in [0.15, 0.2) is 72.9 Å². The standard InChI is InChI=1S/C57H98O6/c1-4-7-10-13-16-19-21-23-24-25-26-27-28-29-30-31-32-34-35-38-41-44-47-50-56(59)62-53-54(52-61-55(58)49-46-43-40-37-18-15-12-9-6-3)63-57(60)51-48-45-42-39-36-33-22-20-17-14-11-8-5-2/h7,10-11,14,16,19-20,22-24,26-27,54H,4-6,8-9,12-13,15,17-18,21,25,28-53H2,1-3H3/b10-7-,14-11-,19-16-,22-20-,24-23-,27-26-. The molecule has 0 aromatic rings. The Morgan fingerprint density at radius 1 is 0.333 bits per heavy atom. The van der Waals surface area contributed by atoms with Crippen LogP contribution in [0.25, 0.3) is 0 Å². The van der Waals surface area contributed by atoms with Gasteiger partial charge in [-0.25, -0.2) is 0 Å². The molecule has 0 aromatic heterocycles. The first-order valence-electron chi connectivity index (χ1n) is 26.4. The fourth-order valence-corrected chi connectivity index (χ4v) is 7.24. The van der Waals surface area contributed by atoms with Crippen LogP contribution in [0.2, 0.25) is 0 Å². The Labute approximate surface area is 389 Å². The summed E-state index contributed by atoms with van der Waals surface area (Å²) < 4.78 is 16.8. The maximum Gasteiger partial charge on any atom is 0.306 e. The molecular weight excluding hydrogens is 781 g/mol. The highest BCUT2D eigenvalue weighted by Gasteiger charge is 2.19. The van der Waals surface area contributed by atoms with E-state index in [1.54, 1.807) is 0 Å². The number of hydrogen-bond donors (Lipinski definition) is 0. The van der Waals surface area contributed by atoms with Crippen molar-refractivity contribution in [2.24, 2.45) is 0 Å². The van der Waals surface area contributed by atoms with Crippen LogP contribution in [0.4, 0.5) is 0 Å². The van der Waals surface area contributed by atoms with Crippen LogP contribution in [-0.2, 0) is 28.6 Å². The second-order valence-electron chi connectivity index (χ2n) is 17.4. The molecule has 6 heteroatoms. The normalized spacial score (nSPS) is 12.6. The number of allylic oxidation sites excluding steroid dienone is 12. The Balaban J connectivity index is 4.25. The Hall–Kier alpha value is -3.15. The van der Waals surface area contributed by atoms with Crippen molar-refractivity contribution in [2.75, 3.05) is 13.2 Å². The first kappa shape index (κ1) is 59.9. The number of ether oxygens (including phenoxy) is 3. The van der Waals surface area contributed by atoms with E-state index in [2.05, 4.69) is 93.7 Å². The lowest BCUT2D eigenvalue weighted by Gasteiger charge is -2.18. The van der Waals surface area contributed by atoms with Gasteiger partial charge in [0.25, 0.3) is 0 Å². The van der Waals surface area contributed by atoms with Gasteiger partial charge in [-0.05, 0) is 83.5 Å². The third-order valence-electron chi connectivity index (χ3n) is 11.2. The van der Waals surface area contributed by atoms with Gasteiger partial charge in [0.15, 0.2) is 6.10 Å². The molecule has 6 nitrogen and oxygen atoms in total. The van der Waals surface area contributed by atoms with Gasteiger partial charge >= 0.3 is 17.9 Å². The van der Waals surface area contributed by atoms with Crippen molar-refractivity contribution in [1.29, 1.82) is 0 Å². The lowest BCUT2D eigenvalue weighted by molar-refractivity contribution is -0.167. The summed E-state index contributed by atoms with van der Waals surface area (Å²) >= 11 is 0. The molecule has 0 aliphatic heterocycles. The SMILES string of the molecule is CC/C=C\C/C=C\C/C=C\C/C=C\CCCCCCCCCCCCC(=O)OCC(COC(=O)CCCCCCCCCCC)OC(=O)CCCCCCC/C=C\C/C=C\CCC. The van der Waals surface area contributed by atoms with Gasteiger partial charge in [0.05, 0.1) is 0 Å². The van der Waals surface area contributed by atoms with Gasteiger partial charge in [0, 0.05) is 19.3 Å². The van der Waals surface area contributed by atoms with E-state index in [1.165, 1.54) is 96.3 Å². The Kier molecular flexibility index (Phi) is 48.9. The smallest absolute Gasteiger partial charge is 0.306 e. The lowest BCUT2D eigenvalue weighted by atomic mass is 10.1. The van der Waals surface area contributed by atoms with Crippen molar-refractivity contribution in [3.63, 3.8) is 0 Å². The number of rotatable bonds is 47. The van der Waals surface area contributed by atoms with Crippen molar-refractivity contribution >= 4 is 17.9 Å². The summed E-state index contributed by atoms with van der Waals surface area (Å²) in [7, 11) is 0. The van der Waals surface area contributed by atoms with Gasteiger partial charge in [-0.2, -0.15) is 0 Å². The van der Waals surface area contributed by atoms with E-state index in [-0.39, 0.29) is 31.1 Å². The first-order chi connectivity index (χ1) is 31.0. The largest absolute Gasteiger partial charge is 0.462 e. The van der Waals surface area contributed by atoms with E-state index in [4.69, 9.17) is 14.2 Å². The van der Waals surface area contributed by atoms with Gasteiger partial charge in [-0.1, -0.05) is 222 Å². The molecule has 1 atom stereocenters. The zero-order chi connectivity index (χ0) is 45.8. The van der Waals surface area contributed by atoms with E-state index in [0.717, 1.165) is 116 Å². The van der Waals surface area contributed by atoms with Crippen molar-refractivity contribution in [3.05, 3.63) is 72.9 Å². The van der Waals surface area contributed by atoms with Crippen LogP contribution in [-0.4, -0.2) is 37.2 Å². The summed E-state index contributed by atoms with van der Waals surface area (Å²) in [5.74, 6) is -0.900. The van der Waals surface area contributed by atoms with Gasteiger partial charge in [0.1, 0.15) is 13.2 Å². The number of carbonyl (C=O) groups excluding carboxylic acids is 3. The zero-order valence-corrected chi connectivity index (χ0v) is 41.3. The molecular formula is C57H98O6. The van der Waals surface area contributed by atoms with Gasteiger partial charge < -0.3 is 14.2 Å². The van der Waals surface area contributed by atoms with E-state index in [0.29, 0.717) is 19.3 Å². The fourth-order valence-electron chi connectivity index (χ4n) is 7.24. The average Bonchev–Trinajstić information content (AvgIpc) is 3.28.